The molecule has 1 heterocycles. The van der Waals surface area contributed by atoms with E-state index >= 15 is 0 Å². The Kier molecular flexibility index (Phi) is 6.94. The molecule has 2 rings (SSSR count). The molecular weight excluding hydrogens is 381 g/mol. The molecule has 1 aromatic heterocycles. The molecule has 1 amide bonds. The number of carbonyl (C=O) groups excluding carboxylic acids is 2. The quantitative estimate of drug-likeness (QED) is 0.570. The number of alkyl halides is 3. The number of aromatic nitrogens is 1. The van der Waals surface area contributed by atoms with Crippen LogP contribution in [0.4, 0.5) is 18.9 Å². The predicted octanol–water partition coefficient (Wildman–Crippen LogP) is 3.16. The lowest BCUT2D eigenvalue weighted by molar-refractivity contribution is -0.137. The molecule has 1 aromatic carbocycles. The number of hydrogen-bond donors (Lipinski definition) is 1. The fourth-order valence-electron chi connectivity index (χ4n) is 2.13. The third kappa shape index (κ3) is 5.43. The Bertz CT molecular complexity index is 855. The maximum Gasteiger partial charge on any atom is 0.416 e. The average Bonchev–Trinajstić information content (AvgIpc) is 2.67. The number of esters is 1. The highest BCUT2D eigenvalue weighted by molar-refractivity contribution is 6.04. The van der Waals surface area contributed by atoms with Crippen molar-refractivity contribution in [2.45, 2.75) is 6.18 Å². The summed E-state index contributed by atoms with van der Waals surface area (Å²) >= 11 is 0. The second kappa shape index (κ2) is 9.18. The predicted molar refractivity (Wildman–Crippen MR) is 92.3 cm³/mol. The molecule has 0 aliphatic carbocycles. The molecule has 0 bridgehead atoms. The molecule has 0 fully saturated rings. The largest absolute Gasteiger partial charge is 0.489 e. The summed E-state index contributed by atoms with van der Waals surface area (Å²) in [4.78, 5) is 27.8. The topological polar surface area (TPSA) is 86.8 Å². The number of rotatable bonds is 7. The zero-order valence-electron chi connectivity index (χ0n) is 15.0. The van der Waals surface area contributed by atoms with Gasteiger partial charge in [0, 0.05) is 7.11 Å². The van der Waals surface area contributed by atoms with Gasteiger partial charge >= 0.3 is 12.1 Å². The molecule has 7 nitrogen and oxygen atoms in total. The second-order valence-electron chi connectivity index (χ2n) is 5.40. The lowest BCUT2D eigenvalue weighted by Gasteiger charge is -2.15. The van der Waals surface area contributed by atoms with E-state index in [2.05, 4.69) is 15.0 Å². The van der Waals surface area contributed by atoms with Gasteiger partial charge in [-0.15, -0.1) is 0 Å². The molecule has 0 saturated heterocycles. The molecule has 0 spiro atoms. The van der Waals surface area contributed by atoms with Gasteiger partial charge < -0.3 is 19.5 Å². The maximum atomic E-state index is 13.0. The molecule has 2 aromatic rings. The summed E-state index contributed by atoms with van der Waals surface area (Å²) in [6.45, 7) is 0.276. The van der Waals surface area contributed by atoms with Crippen LogP contribution in [-0.2, 0) is 15.7 Å². The van der Waals surface area contributed by atoms with Crippen LogP contribution in [-0.4, -0.2) is 44.3 Å². The first-order valence-electron chi connectivity index (χ1n) is 7.96. The fraction of sp³-hybridized carbons (Fsp3) is 0.278. The highest BCUT2D eigenvalue weighted by Gasteiger charge is 2.31. The van der Waals surface area contributed by atoms with E-state index < -0.39 is 23.6 Å². The van der Waals surface area contributed by atoms with Crippen LogP contribution in [0.1, 0.15) is 26.5 Å². The Morgan fingerprint density at radius 1 is 1.07 bits per heavy atom. The molecule has 0 aliphatic rings. The van der Waals surface area contributed by atoms with Crippen molar-refractivity contribution in [3.05, 3.63) is 53.3 Å². The Hall–Kier alpha value is -3.14. The molecule has 0 radical (unpaired) electrons. The van der Waals surface area contributed by atoms with Crippen LogP contribution in [0, 0.1) is 0 Å². The molecule has 150 valence electrons. The van der Waals surface area contributed by atoms with Gasteiger partial charge in [0.15, 0.2) is 0 Å². The number of anilines is 1. The van der Waals surface area contributed by atoms with Gasteiger partial charge in [-0.2, -0.15) is 13.2 Å². The van der Waals surface area contributed by atoms with Crippen molar-refractivity contribution in [2.24, 2.45) is 0 Å². The van der Waals surface area contributed by atoms with Gasteiger partial charge in [-0.05, 0) is 30.3 Å². The van der Waals surface area contributed by atoms with Crippen molar-refractivity contribution in [1.29, 1.82) is 0 Å². The Morgan fingerprint density at radius 2 is 1.79 bits per heavy atom. The van der Waals surface area contributed by atoms with Crippen molar-refractivity contribution in [3.8, 4) is 5.75 Å². The third-order valence-electron chi connectivity index (χ3n) is 3.48. The van der Waals surface area contributed by atoms with Gasteiger partial charge in [0.25, 0.3) is 5.91 Å². The number of carbonyl (C=O) groups is 2. The van der Waals surface area contributed by atoms with Gasteiger partial charge in [-0.3, -0.25) is 4.79 Å². The van der Waals surface area contributed by atoms with Gasteiger partial charge in [0.2, 0.25) is 0 Å². The Balaban J connectivity index is 2.31. The molecule has 0 aliphatic heterocycles. The lowest BCUT2D eigenvalue weighted by Crippen LogP contribution is -2.17. The van der Waals surface area contributed by atoms with Crippen molar-refractivity contribution < 1.29 is 37.0 Å². The molecular formula is C18H17F3N2O5. The summed E-state index contributed by atoms with van der Waals surface area (Å²) in [5, 5.41) is 2.33. The summed E-state index contributed by atoms with van der Waals surface area (Å²) in [5.74, 6) is -1.54. The summed E-state index contributed by atoms with van der Waals surface area (Å²) in [7, 11) is 2.60. The van der Waals surface area contributed by atoms with Crippen LogP contribution in [0.25, 0.3) is 0 Å². The molecule has 0 saturated carbocycles. The normalized spacial score (nSPS) is 11.0. The maximum absolute atomic E-state index is 13.0. The Labute approximate surface area is 158 Å². The number of pyridine rings is 1. The number of ether oxygens (including phenoxy) is 3. The second-order valence-corrected chi connectivity index (χ2v) is 5.40. The van der Waals surface area contributed by atoms with Gasteiger partial charge in [-0.1, -0.05) is 6.07 Å². The van der Waals surface area contributed by atoms with Crippen molar-refractivity contribution in [1.82, 2.24) is 4.98 Å². The summed E-state index contributed by atoms with van der Waals surface area (Å²) < 4.78 is 53.7. The van der Waals surface area contributed by atoms with E-state index in [9.17, 15) is 22.8 Å². The highest BCUT2D eigenvalue weighted by Crippen LogP contribution is 2.35. The van der Waals surface area contributed by atoms with Crippen LogP contribution < -0.4 is 10.1 Å². The monoisotopic (exact) mass is 398 g/mol. The van der Waals surface area contributed by atoms with E-state index in [1.54, 1.807) is 0 Å². The van der Waals surface area contributed by atoms with Crippen LogP contribution in [0.3, 0.4) is 0 Å². The van der Waals surface area contributed by atoms with Gasteiger partial charge in [0.05, 0.1) is 25.0 Å². The highest BCUT2D eigenvalue weighted by atomic mass is 19.4. The summed E-state index contributed by atoms with van der Waals surface area (Å²) in [6.07, 6.45) is -4.60. The fourth-order valence-corrected chi connectivity index (χ4v) is 2.13. The van der Waals surface area contributed by atoms with Crippen LogP contribution in [0.15, 0.2) is 36.4 Å². The van der Waals surface area contributed by atoms with Gasteiger partial charge in [-0.25, -0.2) is 9.78 Å². The lowest BCUT2D eigenvalue weighted by atomic mass is 10.1. The van der Waals surface area contributed by atoms with Crippen molar-refractivity contribution in [2.75, 3.05) is 32.8 Å². The average molecular weight is 398 g/mol. The van der Waals surface area contributed by atoms with E-state index in [1.807, 2.05) is 0 Å². The number of nitrogens with zero attached hydrogens (tertiary/aromatic N) is 1. The van der Waals surface area contributed by atoms with Crippen molar-refractivity contribution >= 4 is 17.6 Å². The van der Waals surface area contributed by atoms with Crippen LogP contribution in [0.5, 0.6) is 5.75 Å². The van der Waals surface area contributed by atoms with E-state index in [-0.39, 0.29) is 36.0 Å². The number of amides is 1. The minimum Gasteiger partial charge on any atom is -0.489 e. The van der Waals surface area contributed by atoms with E-state index in [0.29, 0.717) is 0 Å². The van der Waals surface area contributed by atoms with E-state index in [0.717, 1.165) is 25.3 Å². The first-order chi connectivity index (χ1) is 13.3. The summed E-state index contributed by atoms with van der Waals surface area (Å²) in [6, 6.07) is 6.74. The number of nitrogens with one attached hydrogen (secondary N) is 1. The van der Waals surface area contributed by atoms with E-state index in [4.69, 9.17) is 9.47 Å². The number of hydrogen-bond acceptors (Lipinski definition) is 6. The molecule has 0 unspecified atom stereocenters. The van der Waals surface area contributed by atoms with Crippen LogP contribution >= 0.6 is 0 Å². The standard InChI is InChI=1S/C18H17F3N2O5/c1-26-8-9-28-15-7-6-11(18(19,20)21)10-14(15)23-16(24)12-4-3-5-13(22-12)17(25)27-2/h3-7,10H,8-9H2,1-2H3,(H,23,24). The number of methoxy groups -OCH3 is 2. The first kappa shape index (κ1) is 21.2. The minimum atomic E-state index is -4.60. The van der Waals surface area contributed by atoms with Gasteiger partial charge in [0.1, 0.15) is 23.7 Å². The molecule has 10 heteroatoms. The first-order valence-corrected chi connectivity index (χ1v) is 7.96. The molecule has 28 heavy (non-hydrogen) atoms. The van der Waals surface area contributed by atoms with E-state index in [1.165, 1.54) is 25.3 Å². The zero-order valence-corrected chi connectivity index (χ0v) is 15.0. The number of benzene rings is 1. The summed E-state index contributed by atoms with van der Waals surface area (Å²) in [5.41, 5.74) is -1.45. The smallest absolute Gasteiger partial charge is 0.416 e. The molecule has 1 N–H and O–H groups in total. The van der Waals surface area contributed by atoms with Crippen LogP contribution in [0.2, 0.25) is 0 Å². The zero-order chi connectivity index (χ0) is 20.7. The minimum absolute atomic E-state index is 0.0301. The van der Waals surface area contributed by atoms with Crippen molar-refractivity contribution in [3.63, 3.8) is 0 Å². The molecule has 0 atom stereocenters. The SMILES string of the molecule is COCCOc1ccc(C(F)(F)F)cc1NC(=O)c1cccc(C(=O)OC)n1. The third-order valence-corrected chi connectivity index (χ3v) is 3.48. The Morgan fingerprint density at radius 3 is 2.43 bits per heavy atom. The number of halogens is 3.